The summed E-state index contributed by atoms with van der Waals surface area (Å²) < 4.78 is 25.3. The first-order chi connectivity index (χ1) is 10.4. The molecule has 2 aliphatic carbocycles. The zero-order valence-corrected chi connectivity index (χ0v) is 13.5. The smallest absolute Gasteiger partial charge is 0.229 e. The molecule has 5 nitrogen and oxygen atoms in total. The van der Waals surface area contributed by atoms with Crippen LogP contribution in [0.2, 0.25) is 0 Å². The van der Waals surface area contributed by atoms with Crippen molar-refractivity contribution in [3.63, 3.8) is 0 Å². The Balaban J connectivity index is 1.63. The quantitative estimate of drug-likeness (QED) is 0.872. The van der Waals surface area contributed by atoms with Crippen LogP contribution in [-0.2, 0) is 21.4 Å². The van der Waals surface area contributed by atoms with Gasteiger partial charge in [-0.2, -0.15) is 0 Å². The van der Waals surface area contributed by atoms with Crippen LogP contribution in [0.3, 0.4) is 0 Å². The molecule has 22 heavy (non-hydrogen) atoms. The molecule has 6 heteroatoms. The van der Waals surface area contributed by atoms with Crippen molar-refractivity contribution in [2.45, 2.75) is 32.2 Å². The van der Waals surface area contributed by atoms with Crippen LogP contribution in [-0.4, -0.2) is 20.6 Å². The van der Waals surface area contributed by atoms with E-state index in [1.807, 2.05) is 12.1 Å². The third-order valence-corrected chi connectivity index (χ3v) is 5.43. The molecule has 2 aliphatic rings. The van der Waals surface area contributed by atoms with Crippen molar-refractivity contribution in [1.29, 1.82) is 0 Å². The van der Waals surface area contributed by atoms with Gasteiger partial charge in [-0.05, 0) is 42.7 Å². The van der Waals surface area contributed by atoms with Gasteiger partial charge in [-0.15, -0.1) is 0 Å². The summed E-state index contributed by atoms with van der Waals surface area (Å²) in [7, 11) is -3.32. The van der Waals surface area contributed by atoms with Crippen molar-refractivity contribution in [1.82, 2.24) is 5.32 Å². The fourth-order valence-corrected chi connectivity index (χ4v) is 4.45. The normalized spacial score (nSPS) is 26.9. The average molecular weight is 322 g/mol. The molecule has 0 radical (unpaired) electrons. The Hall–Kier alpha value is -1.56. The van der Waals surface area contributed by atoms with Crippen LogP contribution in [0.1, 0.15) is 31.2 Å². The van der Waals surface area contributed by atoms with Crippen molar-refractivity contribution in [3.05, 3.63) is 29.8 Å². The lowest BCUT2D eigenvalue weighted by Crippen LogP contribution is -2.33. The summed E-state index contributed by atoms with van der Waals surface area (Å²) in [6, 6.07) is 7.15. The molecule has 3 atom stereocenters. The number of hydrogen-bond acceptors (Lipinski definition) is 3. The Morgan fingerprint density at radius 2 is 2.00 bits per heavy atom. The maximum absolute atomic E-state index is 12.4. The van der Waals surface area contributed by atoms with Crippen LogP contribution >= 0.6 is 0 Å². The van der Waals surface area contributed by atoms with Crippen LogP contribution in [0.25, 0.3) is 0 Å². The van der Waals surface area contributed by atoms with Crippen molar-refractivity contribution in [2.75, 3.05) is 11.0 Å². The zero-order valence-electron chi connectivity index (χ0n) is 12.7. The third-order valence-electron chi connectivity index (χ3n) is 4.84. The van der Waals surface area contributed by atoms with Crippen molar-refractivity contribution < 1.29 is 13.2 Å². The molecule has 0 unspecified atom stereocenters. The van der Waals surface area contributed by atoms with Crippen LogP contribution in [0.4, 0.5) is 5.69 Å². The predicted octanol–water partition coefficient (Wildman–Crippen LogP) is 2.11. The van der Waals surface area contributed by atoms with Crippen molar-refractivity contribution >= 4 is 21.6 Å². The van der Waals surface area contributed by atoms with Crippen LogP contribution in [0, 0.1) is 17.8 Å². The lowest BCUT2D eigenvalue weighted by Gasteiger charge is -2.21. The Labute approximate surface area is 131 Å². The van der Waals surface area contributed by atoms with Gasteiger partial charge in [0.15, 0.2) is 0 Å². The van der Waals surface area contributed by atoms with Crippen molar-refractivity contribution in [2.24, 2.45) is 17.8 Å². The maximum atomic E-state index is 12.4. The van der Waals surface area contributed by atoms with Crippen LogP contribution in [0.5, 0.6) is 0 Å². The summed E-state index contributed by atoms with van der Waals surface area (Å²) in [5.74, 6) is 1.55. The lowest BCUT2D eigenvalue weighted by molar-refractivity contribution is -0.126. The van der Waals surface area contributed by atoms with E-state index in [-0.39, 0.29) is 11.8 Å². The first-order valence-corrected chi connectivity index (χ1v) is 9.65. The van der Waals surface area contributed by atoms with Gasteiger partial charge in [0.05, 0.1) is 11.9 Å². The van der Waals surface area contributed by atoms with E-state index in [0.29, 0.717) is 18.2 Å². The number of rotatable bonds is 5. The highest BCUT2D eigenvalue weighted by atomic mass is 32.2. The highest BCUT2D eigenvalue weighted by molar-refractivity contribution is 7.92. The first-order valence-electron chi connectivity index (χ1n) is 7.76. The van der Waals surface area contributed by atoms with Gasteiger partial charge in [0.1, 0.15) is 0 Å². The van der Waals surface area contributed by atoms with E-state index in [4.69, 9.17) is 0 Å². The second kappa shape index (κ2) is 5.91. The highest BCUT2D eigenvalue weighted by Crippen LogP contribution is 2.48. The van der Waals surface area contributed by atoms with Gasteiger partial charge in [-0.3, -0.25) is 9.52 Å². The molecule has 1 aromatic carbocycles. The lowest BCUT2D eigenvalue weighted by atomic mass is 9.88. The minimum atomic E-state index is -3.32. The van der Waals surface area contributed by atoms with Crippen molar-refractivity contribution in [3.8, 4) is 0 Å². The van der Waals surface area contributed by atoms with E-state index >= 15 is 0 Å². The summed E-state index contributed by atoms with van der Waals surface area (Å²) in [6.07, 6.45) is 5.78. The number of hydrogen-bond donors (Lipinski definition) is 2. The number of sulfonamides is 1. The van der Waals surface area contributed by atoms with Gasteiger partial charge in [0.25, 0.3) is 0 Å². The summed E-state index contributed by atoms with van der Waals surface area (Å²) >= 11 is 0. The highest BCUT2D eigenvalue weighted by Gasteiger charge is 2.42. The number of para-hydroxylation sites is 1. The Bertz CT molecular complexity index is 672. The average Bonchev–Trinajstić information content (AvgIpc) is 3.07. The first kappa shape index (κ1) is 15.3. The van der Waals surface area contributed by atoms with E-state index in [9.17, 15) is 13.2 Å². The Kier molecular flexibility index (Phi) is 4.12. The van der Waals surface area contributed by atoms with E-state index in [2.05, 4.69) is 10.0 Å². The fourth-order valence-electron chi connectivity index (χ4n) is 3.85. The number of fused-ring (bicyclic) bond motifs is 2. The predicted molar refractivity (Wildman–Crippen MR) is 85.7 cm³/mol. The number of anilines is 1. The number of amides is 1. The minimum absolute atomic E-state index is 0.112. The molecule has 2 bridgehead atoms. The molecular formula is C16H22N2O3S. The van der Waals surface area contributed by atoms with Crippen LogP contribution in [0.15, 0.2) is 24.3 Å². The standard InChI is InChI=1S/C16H22N2O3S/c1-22(20,21)18-15-5-3-2-4-13(15)10-17-16(19)14-9-11-6-7-12(14)8-11/h2-5,11-12,14,18H,6-10H2,1H3,(H,17,19)/t11-,12-,14-/m0/s1. The van der Waals surface area contributed by atoms with Gasteiger partial charge < -0.3 is 5.32 Å². The summed E-state index contributed by atoms with van der Waals surface area (Å²) in [5.41, 5.74) is 1.31. The zero-order chi connectivity index (χ0) is 15.7. The largest absolute Gasteiger partial charge is 0.352 e. The number of carbonyl (C=O) groups is 1. The molecule has 2 N–H and O–H groups in total. The van der Waals surface area contributed by atoms with Gasteiger partial charge in [0, 0.05) is 12.5 Å². The molecule has 0 aromatic heterocycles. The molecule has 0 aliphatic heterocycles. The number of nitrogens with one attached hydrogen (secondary N) is 2. The molecule has 2 saturated carbocycles. The minimum Gasteiger partial charge on any atom is -0.352 e. The summed E-state index contributed by atoms with van der Waals surface area (Å²) in [4.78, 5) is 12.4. The van der Waals surface area contributed by atoms with Gasteiger partial charge in [0.2, 0.25) is 15.9 Å². The molecule has 3 rings (SSSR count). The summed E-state index contributed by atoms with van der Waals surface area (Å²) in [6.45, 7) is 0.353. The molecule has 120 valence electrons. The number of carbonyl (C=O) groups excluding carboxylic acids is 1. The van der Waals surface area contributed by atoms with E-state index < -0.39 is 10.0 Å². The summed E-state index contributed by atoms with van der Waals surface area (Å²) in [5, 5.41) is 2.98. The second-order valence-corrected chi connectivity index (χ2v) is 8.28. The SMILES string of the molecule is CS(=O)(=O)Nc1ccccc1CNC(=O)[C@H]1C[C@H]2CC[C@H]1C2. The van der Waals surface area contributed by atoms with E-state index in [0.717, 1.165) is 24.2 Å². The Morgan fingerprint density at radius 1 is 1.23 bits per heavy atom. The van der Waals surface area contributed by atoms with Crippen LogP contribution < -0.4 is 10.0 Å². The molecule has 0 spiro atoms. The monoisotopic (exact) mass is 322 g/mol. The van der Waals surface area contributed by atoms with E-state index in [1.165, 1.54) is 19.3 Å². The second-order valence-electron chi connectivity index (χ2n) is 6.53. The molecule has 2 fully saturated rings. The molecule has 1 amide bonds. The molecule has 1 aromatic rings. The van der Waals surface area contributed by atoms with Gasteiger partial charge >= 0.3 is 0 Å². The van der Waals surface area contributed by atoms with E-state index in [1.54, 1.807) is 12.1 Å². The van der Waals surface area contributed by atoms with Gasteiger partial charge in [-0.25, -0.2) is 8.42 Å². The third kappa shape index (κ3) is 3.43. The molecule has 0 saturated heterocycles. The molecule has 0 heterocycles. The molecular weight excluding hydrogens is 300 g/mol. The topological polar surface area (TPSA) is 75.3 Å². The van der Waals surface area contributed by atoms with Gasteiger partial charge in [-0.1, -0.05) is 24.6 Å². The Morgan fingerprint density at radius 3 is 2.64 bits per heavy atom. The number of benzene rings is 1. The maximum Gasteiger partial charge on any atom is 0.229 e. The fraction of sp³-hybridized carbons (Fsp3) is 0.562.